The number of unbranched alkanes of at least 4 members (excludes halogenated alkanes) is 5. The Balaban J connectivity index is 1.97. The molecule has 1 heterocycles. The van der Waals surface area contributed by atoms with Crippen LogP contribution in [0.3, 0.4) is 0 Å². The Bertz CT molecular complexity index is 204. The molecular formula is C12H21Br2S+. The summed E-state index contributed by atoms with van der Waals surface area (Å²) in [5.41, 5.74) is 0. The molecule has 0 radical (unpaired) electrons. The molecule has 1 rings (SSSR count). The van der Waals surface area contributed by atoms with Crippen molar-refractivity contribution in [3.8, 4) is 0 Å². The molecule has 0 aromatic heterocycles. The first kappa shape index (κ1) is 14.1. The molecule has 1 aliphatic rings. The Morgan fingerprint density at radius 2 is 1.93 bits per heavy atom. The minimum Gasteiger partial charge on any atom is -0.0654 e. The van der Waals surface area contributed by atoms with Gasteiger partial charge in [-0.1, -0.05) is 55.0 Å². The fourth-order valence-corrected chi connectivity index (χ4v) is 6.79. The lowest BCUT2D eigenvalue weighted by Crippen LogP contribution is -2.08. The van der Waals surface area contributed by atoms with E-state index in [-0.39, 0.29) is 0 Å². The van der Waals surface area contributed by atoms with Crippen LogP contribution in [0, 0.1) is 0 Å². The van der Waals surface area contributed by atoms with Crippen molar-refractivity contribution in [3.05, 3.63) is 9.89 Å². The molecular weight excluding hydrogens is 336 g/mol. The molecule has 2 atom stereocenters. The average Bonchev–Trinajstić information content (AvgIpc) is 2.51. The van der Waals surface area contributed by atoms with E-state index in [0.29, 0.717) is 9.33 Å². The predicted octanol–water partition coefficient (Wildman–Crippen LogP) is 5.67. The molecule has 0 nitrogen and oxygen atoms in total. The molecule has 0 N–H and O–H groups in total. The van der Waals surface area contributed by atoms with Crippen molar-refractivity contribution in [1.82, 2.24) is 0 Å². The van der Waals surface area contributed by atoms with Crippen LogP contribution < -0.4 is 0 Å². The van der Waals surface area contributed by atoms with Crippen LogP contribution in [0.1, 0.15) is 58.3 Å². The van der Waals surface area contributed by atoms with Crippen molar-refractivity contribution in [2.75, 3.05) is 0 Å². The number of hydrogen-bond donors (Lipinski definition) is 0. The summed E-state index contributed by atoms with van der Waals surface area (Å²) in [6.07, 6.45) is 11.1. The standard InChI is InChI=1S/C12H21Br2S/c1-2-3-4-5-6-7-8-12-9-11(13)10-15(12)14/h10,12H,2-9H2,1H3/q+1. The summed E-state index contributed by atoms with van der Waals surface area (Å²) >= 11 is 7.36. The molecule has 0 fully saturated rings. The van der Waals surface area contributed by atoms with Crippen LogP contribution in [0.2, 0.25) is 0 Å². The Labute approximate surface area is 113 Å². The maximum Gasteiger partial charge on any atom is 0.238 e. The second kappa shape index (κ2) is 8.19. The summed E-state index contributed by atoms with van der Waals surface area (Å²) in [5.74, 6) is 0. The summed E-state index contributed by atoms with van der Waals surface area (Å²) in [4.78, 5) is 0. The zero-order valence-corrected chi connectivity index (χ0v) is 13.5. The highest BCUT2D eigenvalue weighted by Crippen LogP contribution is 2.36. The van der Waals surface area contributed by atoms with Crippen LogP contribution in [-0.2, 0) is 9.33 Å². The van der Waals surface area contributed by atoms with Gasteiger partial charge in [0.25, 0.3) is 0 Å². The van der Waals surface area contributed by atoms with E-state index in [0.717, 1.165) is 5.25 Å². The van der Waals surface area contributed by atoms with Crippen molar-refractivity contribution in [1.29, 1.82) is 0 Å². The molecule has 0 saturated carbocycles. The summed E-state index contributed by atoms with van der Waals surface area (Å²) in [5, 5.41) is 3.20. The van der Waals surface area contributed by atoms with Crippen LogP contribution in [0.15, 0.2) is 9.89 Å². The first-order chi connectivity index (χ1) is 7.24. The number of halogens is 2. The fourth-order valence-electron chi connectivity index (χ4n) is 1.93. The first-order valence-corrected chi connectivity index (χ1v) is 9.97. The summed E-state index contributed by atoms with van der Waals surface area (Å²) in [6.45, 7) is 2.28. The Morgan fingerprint density at radius 3 is 2.53 bits per heavy atom. The SMILES string of the molecule is CCCCCCCCC1CC(Br)=C[S+]1Br. The van der Waals surface area contributed by atoms with Gasteiger partial charge in [0.2, 0.25) is 14.8 Å². The van der Waals surface area contributed by atoms with E-state index in [2.05, 4.69) is 43.1 Å². The van der Waals surface area contributed by atoms with E-state index in [9.17, 15) is 0 Å². The van der Waals surface area contributed by atoms with Crippen LogP contribution in [-0.4, -0.2) is 5.25 Å². The monoisotopic (exact) mass is 355 g/mol. The van der Waals surface area contributed by atoms with Gasteiger partial charge in [-0.05, 0) is 12.8 Å². The lowest BCUT2D eigenvalue weighted by molar-refractivity contribution is 0.583. The van der Waals surface area contributed by atoms with Gasteiger partial charge in [0.1, 0.15) is 10.7 Å². The van der Waals surface area contributed by atoms with Crippen molar-refractivity contribution in [3.63, 3.8) is 0 Å². The minimum absolute atomic E-state index is 0.354. The average molecular weight is 357 g/mol. The second-order valence-corrected chi connectivity index (χ2v) is 9.05. The predicted molar refractivity (Wildman–Crippen MR) is 79.7 cm³/mol. The van der Waals surface area contributed by atoms with E-state index in [4.69, 9.17) is 0 Å². The third-order valence-electron chi connectivity index (χ3n) is 2.86. The van der Waals surface area contributed by atoms with Gasteiger partial charge in [-0.2, -0.15) is 0 Å². The fraction of sp³-hybridized carbons (Fsp3) is 0.833. The van der Waals surface area contributed by atoms with Gasteiger partial charge in [-0.3, -0.25) is 0 Å². The van der Waals surface area contributed by atoms with Crippen LogP contribution in [0.25, 0.3) is 0 Å². The van der Waals surface area contributed by atoms with Gasteiger partial charge in [0.05, 0.1) is 9.33 Å². The van der Waals surface area contributed by atoms with Crippen molar-refractivity contribution < 1.29 is 0 Å². The molecule has 88 valence electrons. The van der Waals surface area contributed by atoms with E-state index in [1.165, 1.54) is 55.8 Å². The van der Waals surface area contributed by atoms with Gasteiger partial charge < -0.3 is 0 Å². The zero-order valence-electron chi connectivity index (χ0n) is 9.48. The van der Waals surface area contributed by atoms with Gasteiger partial charge in [-0.15, -0.1) is 0 Å². The third kappa shape index (κ3) is 5.78. The summed E-state index contributed by atoms with van der Waals surface area (Å²) < 4.78 is 1.40. The zero-order chi connectivity index (χ0) is 11.1. The molecule has 1 aliphatic heterocycles. The Kier molecular flexibility index (Phi) is 7.70. The van der Waals surface area contributed by atoms with Crippen molar-refractivity contribution in [2.24, 2.45) is 0 Å². The molecule has 0 spiro atoms. The maximum atomic E-state index is 3.76. The van der Waals surface area contributed by atoms with E-state index < -0.39 is 0 Å². The minimum atomic E-state index is 0.354. The Hall–Kier alpha value is 1.05. The molecule has 0 amide bonds. The van der Waals surface area contributed by atoms with Gasteiger partial charge in [-0.25, -0.2) is 0 Å². The van der Waals surface area contributed by atoms with Gasteiger partial charge in [0, 0.05) is 10.9 Å². The number of hydrogen-bond acceptors (Lipinski definition) is 0. The molecule has 0 saturated heterocycles. The summed E-state index contributed by atoms with van der Waals surface area (Å²) in [7, 11) is 0.354. The lowest BCUT2D eigenvalue weighted by Gasteiger charge is -2.05. The van der Waals surface area contributed by atoms with Gasteiger partial charge >= 0.3 is 0 Å². The molecule has 15 heavy (non-hydrogen) atoms. The quantitative estimate of drug-likeness (QED) is 0.407. The van der Waals surface area contributed by atoms with Crippen LogP contribution >= 0.6 is 30.7 Å². The smallest absolute Gasteiger partial charge is 0.0654 e. The highest BCUT2D eigenvalue weighted by molar-refractivity contribution is 9.49. The largest absolute Gasteiger partial charge is 0.238 e. The molecule has 0 bridgehead atoms. The number of rotatable bonds is 7. The molecule has 0 aromatic rings. The molecule has 2 unspecified atom stereocenters. The topological polar surface area (TPSA) is 0 Å². The first-order valence-electron chi connectivity index (χ1n) is 5.98. The van der Waals surface area contributed by atoms with Crippen LogP contribution in [0.5, 0.6) is 0 Å². The molecule has 3 heteroatoms. The van der Waals surface area contributed by atoms with Crippen molar-refractivity contribution >= 4 is 40.1 Å². The maximum absolute atomic E-state index is 3.76. The highest BCUT2D eigenvalue weighted by Gasteiger charge is 2.33. The highest BCUT2D eigenvalue weighted by atomic mass is 79.9. The summed E-state index contributed by atoms with van der Waals surface area (Å²) in [6, 6.07) is 0. The lowest BCUT2D eigenvalue weighted by atomic mass is 10.1. The third-order valence-corrected chi connectivity index (χ3v) is 7.41. The second-order valence-electron chi connectivity index (χ2n) is 4.26. The van der Waals surface area contributed by atoms with Crippen molar-refractivity contribution in [2.45, 2.75) is 63.5 Å². The number of allylic oxidation sites excluding steroid dienone is 1. The Morgan fingerprint density at radius 1 is 1.27 bits per heavy atom. The van der Waals surface area contributed by atoms with E-state index in [1.54, 1.807) is 0 Å². The normalized spacial score (nSPS) is 25.7. The molecule has 0 aliphatic carbocycles. The van der Waals surface area contributed by atoms with Gasteiger partial charge in [0.15, 0.2) is 0 Å². The van der Waals surface area contributed by atoms with E-state index in [1.807, 2.05) is 0 Å². The molecule has 0 aromatic carbocycles. The van der Waals surface area contributed by atoms with Crippen LogP contribution in [0.4, 0.5) is 0 Å². The van der Waals surface area contributed by atoms with E-state index >= 15 is 0 Å².